The van der Waals surface area contributed by atoms with Crippen molar-refractivity contribution >= 4 is 29.3 Å². The smallest absolute Gasteiger partial charge is 0.373 e. The monoisotopic (exact) mass is 471 g/mol. The molecule has 0 aliphatic heterocycles. The molecule has 0 bridgehead atoms. The predicted molar refractivity (Wildman–Crippen MR) is 113 cm³/mol. The predicted octanol–water partition coefficient (Wildman–Crippen LogP) is 4.86. The standard InChI is InChI=1S/C21H15ClFN3O4.CO2/c1-2-28-17-8-6-13(22)11-14(17)19(27)24-16-10-12(5-7-15(16)23)20-25-26-21(30-20)18-4-3-9-29-18;2-1-3/h3-11H,2H2,1H3,(H,24,27);. The topological polar surface area (TPSA) is 125 Å². The average Bonchev–Trinajstić information content (AvgIpc) is 3.49. The van der Waals surface area contributed by atoms with E-state index in [0.29, 0.717) is 28.7 Å². The van der Waals surface area contributed by atoms with Gasteiger partial charge in [-0.05, 0) is 55.5 Å². The molecule has 33 heavy (non-hydrogen) atoms. The SMILES string of the molecule is CCOc1ccc(Cl)cc1C(=O)Nc1cc(-c2nnc(-c3ccco3)o2)ccc1F.O=C=O. The van der Waals surface area contributed by atoms with Gasteiger partial charge < -0.3 is 18.9 Å². The maximum absolute atomic E-state index is 14.4. The lowest BCUT2D eigenvalue weighted by Crippen LogP contribution is -2.15. The van der Waals surface area contributed by atoms with E-state index in [4.69, 9.17) is 34.8 Å². The highest BCUT2D eigenvalue weighted by Gasteiger charge is 2.18. The van der Waals surface area contributed by atoms with Crippen molar-refractivity contribution in [3.8, 4) is 28.9 Å². The number of benzene rings is 2. The molecule has 4 rings (SSSR count). The third-order valence-electron chi connectivity index (χ3n) is 4.10. The van der Waals surface area contributed by atoms with Gasteiger partial charge in [0.1, 0.15) is 11.6 Å². The van der Waals surface area contributed by atoms with Crippen molar-refractivity contribution in [2.75, 3.05) is 11.9 Å². The minimum Gasteiger partial charge on any atom is -0.493 e. The Morgan fingerprint density at radius 1 is 1.15 bits per heavy atom. The Labute approximate surface area is 191 Å². The molecule has 1 N–H and O–H groups in total. The van der Waals surface area contributed by atoms with E-state index in [1.807, 2.05) is 0 Å². The van der Waals surface area contributed by atoms with E-state index >= 15 is 0 Å². The first kappa shape index (κ1) is 23.4. The van der Waals surface area contributed by atoms with E-state index in [1.165, 1.54) is 30.5 Å². The first-order chi connectivity index (χ1) is 16.0. The summed E-state index contributed by atoms with van der Waals surface area (Å²) in [7, 11) is 0. The summed E-state index contributed by atoms with van der Waals surface area (Å²) >= 11 is 6.00. The Hall–Kier alpha value is -4.27. The van der Waals surface area contributed by atoms with Crippen molar-refractivity contribution in [1.82, 2.24) is 10.2 Å². The molecule has 0 saturated carbocycles. The first-order valence-electron chi connectivity index (χ1n) is 9.37. The van der Waals surface area contributed by atoms with Crippen LogP contribution in [0, 0.1) is 5.82 Å². The fourth-order valence-corrected chi connectivity index (χ4v) is 2.92. The molecule has 0 saturated heterocycles. The molecule has 11 heteroatoms. The molecule has 0 aliphatic carbocycles. The number of hydrogen-bond acceptors (Lipinski definition) is 8. The third-order valence-corrected chi connectivity index (χ3v) is 4.34. The summed E-state index contributed by atoms with van der Waals surface area (Å²) < 4.78 is 30.6. The van der Waals surface area contributed by atoms with Crippen LogP contribution in [0.4, 0.5) is 10.1 Å². The molecule has 0 fully saturated rings. The van der Waals surface area contributed by atoms with Crippen LogP contribution in [-0.2, 0) is 9.59 Å². The van der Waals surface area contributed by atoms with Crippen molar-refractivity contribution in [3.63, 3.8) is 0 Å². The number of ether oxygens (including phenoxy) is 1. The quantitative estimate of drug-likeness (QED) is 0.423. The molecule has 0 spiro atoms. The minimum absolute atomic E-state index is 0.0577. The number of rotatable bonds is 6. The van der Waals surface area contributed by atoms with Crippen molar-refractivity contribution in [2.24, 2.45) is 0 Å². The van der Waals surface area contributed by atoms with E-state index in [2.05, 4.69) is 15.5 Å². The molecule has 0 atom stereocenters. The molecule has 0 unspecified atom stereocenters. The van der Waals surface area contributed by atoms with Gasteiger partial charge in [0.25, 0.3) is 11.8 Å². The van der Waals surface area contributed by atoms with E-state index in [0.717, 1.165) is 0 Å². The van der Waals surface area contributed by atoms with Crippen LogP contribution in [0.1, 0.15) is 17.3 Å². The van der Waals surface area contributed by atoms with Crippen LogP contribution < -0.4 is 10.1 Å². The maximum Gasteiger partial charge on any atom is 0.373 e. The summed E-state index contributed by atoms with van der Waals surface area (Å²) in [5, 5.41) is 10.8. The van der Waals surface area contributed by atoms with Gasteiger partial charge >= 0.3 is 6.15 Å². The average molecular weight is 472 g/mol. The van der Waals surface area contributed by atoms with Crippen LogP contribution in [0.2, 0.25) is 5.02 Å². The molecular weight excluding hydrogens is 457 g/mol. The highest BCUT2D eigenvalue weighted by Crippen LogP contribution is 2.29. The Morgan fingerprint density at radius 2 is 1.91 bits per heavy atom. The number of carbonyl (C=O) groups excluding carboxylic acids is 3. The molecule has 1 amide bonds. The first-order valence-corrected chi connectivity index (χ1v) is 9.74. The van der Waals surface area contributed by atoms with Crippen LogP contribution in [0.3, 0.4) is 0 Å². The number of aromatic nitrogens is 2. The van der Waals surface area contributed by atoms with Crippen LogP contribution in [0.15, 0.2) is 63.6 Å². The number of nitrogens with one attached hydrogen (secondary N) is 1. The van der Waals surface area contributed by atoms with Gasteiger partial charge in [0.05, 0.1) is 24.1 Å². The maximum atomic E-state index is 14.4. The van der Waals surface area contributed by atoms with Crippen molar-refractivity contribution < 1.29 is 32.3 Å². The van der Waals surface area contributed by atoms with E-state index in [1.54, 1.807) is 31.2 Å². The lowest BCUT2D eigenvalue weighted by Gasteiger charge is -2.12. The number of anilines is 1. The molecule has 4 aromatic rings. The number of carbonyl (C=O) groups is 1. The van der Waals surface area contributed by atoms with Crippen molar-refractivity contribution in [2.45, 2.75) is 6.92 Å². The summed E-state index contributed by atoms with van der Waals surface area (Å²) in [4.78, 5) is 29.0. The zero-order chi connectivity index (χ0) is 23.8. The van der Waals surface area contributed by atoms with Gasteiger partial charge in [-0.15, -0.1) is 10.2 Å². The largest absolute Gasteiger partial charge is 0.493 e. The molecule has 168 valence electrons. The number of nitrogens with zero attached hydrogens (tertiary/aromatic N) is 2. The van der Waals surface area contributed by atoms with Gasteiger partial charge in [0.15, 0.2) is 5.76 Å². The van der Waals surface area contributed by atoms with Crippen LogP contribution >= 0.6 is 11.6 Å². The lowest BCUT2D eigenvalue weighted by atomic mass is 10.1. The Balaban J connectivity index is 0.000000968. The molecule has 0 aliphatic rings. The highest BCUT2D eigenvalue weighted by molar-refractivity contribution is 6.31. The van der Waals surface area contributed by atoms with Gasteiger partial charge in [0.2, 0.25) is 5.89 Å². The molecular formula is C22H15ClFN3O6. The molecule has 2 heterocycles. The fraction of sp³-hybridized carbons (Fsp3) is 0.0909. The molecule has 2 aromatic carbocycles. The number of hydrogen-bond donors (Lipinski definition) is 1. The zero-order valence-corrected chi connectivity index (χ0v) is 17.8. The summed E-state index contributed by atoms with van der Waals surface area (Å²) in [6.45, 7) is 2.15. The van der Waals surface area contributed by atoms with Crippen LogP contribution in [0.5, 0.6) is 5.75 Å². The van der Waals surface area contributed by atoms with E-state index < -0.39 is 11.7 Å². The Kier molecular flexibility index (Phi) is 7.69. The summed E-state index contributed by atoms with van der Waals surface area (Å²) in [5.74, 6) is -0.110. The van der Waals surface area contributed by atoms with E-state index in [-0.39, 0.29) is 29.2 Å². The van der Waals surface area contributed by atoms with Gasteiger partial charge in [-0.1, -0.05) is 11.6 Å². The normalized spacial score (nSPS) is 10.0. The van der Waals surface area contributed by atoms with Crippen LogP contribution in [0.25, 0.3) is 23.1 Å². The lowest BCUT2D eigenvalue weighted by molar-refractivity contribution is -0.191. The van der Waals surface area contributed by atoms with Crippen LogP contribution in [-0.4, -0.2) is 28.9 Å². The van der Waals surface area contributed by atoms with Crippen molar-refractivity contribution in [1.29, 1.82) is 0 Å². The summed E-state index contributed by atoms with van der Waals surface area (Å²) in [5.41, 5.74) is 0.554. The van der Waals surface area contributed by atoms with E-state index in [9.17, 15) is 9.18 Å². The van der Waals surface area contributed by atoms with Gasteiger partial charge in [-0.3, -0.25) is 4.79 Å². The second kappa shape index (κ2) is 10.9. The van der Waals surface area contributed by atoms with Gasteiger partial charge in [0, 0.05) is 10.6 Å². The zero-order valence-electron chi connectivity index (χ0n) is 17.0. The number of amides is 1. The van der Waals surface area contributed by atoms with Gasteiger partial charge in [-0.2, -0.15) is 9.59 Å². The second-order valence-electron chi connectivity index (χ2n) is 6.20. The molecule has 2 aromatic heterocycles. The number of furan rings is 1. The van der Waals surface area contributed by atoms with Gasteiger partial charge in [-0.25, -0.2) is 4.39 Å². The highest BCUT2D eigenvalue weighted by atomic mass is 35.5. The molecule has 9 nitrogen and oxygen atoms in total. The number of halogens is 2. The third kappa shape index (κ3) is 5.70. The minimum atomic E-state index is -0.627. The van der Waals surface area contributed by atoms with Crippen molar-refractivity contribution in [3.05, 3.63) is 71.2 Å². The second-order valence-corrected chi connectivity index (χ2v) is 6.63. The summed E-state index contributed by atoms with van der Waals surface area (Å²) in [6.07, 6.45) is 1.73. The Morgan fingerprint density at radius 3 is 2.61 bits per heavy atom. The summed E-state index contributed by atoms with van der Waals surface area (Å²) in [6, 6.07) is 12.1. The fourth-order valence-electron chi connectivity index (χ4n) is 2.74. The Bertz CT molecular complexity index is 1280. The molecule has 0 radical (unpaired) electrons.